The van der Waals surface area contributed by atoms with E-state index in [0.717, 1.165) is 30.4 Å². The van der Waals surface area contributed by atoms with Crippen LogP contribution >= 0.6 is 11.5 Å². The molecule has 5 heteroatoms. The van der Waals surface area contributed by atoms with E-state index in [0.29, 0.717) is 17.5 Å². The van der Waals surface area contributed by atoms with E-state index >= 15 is 0 Å². The molecule has 1 aliphatic heterocycles. The van der Waals surface area contributed by atoms with Crippen molar-refractivity contribution in [3.63, 3.8) is 0 Å². The molecule has 1 aromatic carbocycles. The van der Waals surface area contributed by atoms with Crippen LogP contribution in [0.25, 0.3) is 11.1 Å². The molecule has 1 aromatic heterocycles. The van der Waals surface area contributed by atoms with Gasteiger partial charge >= 0.3 is 0 Å². The van der Waals surface area contributed by atoms with Crippen molar-refractivity contribution in [3.8, 4) is 11.1 Å². The topological polar surface area (TPSA) is 50.3 Å². The number of aromatic nitrogens is 1. The van der Waals surface area contributed by atoms with Crippen molar-refractivity contribution in [1.29, 1.82) is 0 Å². The van der Waals surface area contributed by atoms with Gasteiger partial charge in [-0.05, 0) is 60.3 Å². The largest absolute Gasteiger partial charge is 0.274 e. The van der Waals surface area contributed by atoms with Crippen LogP contribution in [-0.4, -0.2) is 16.2 Å². The van der Waals surface area contributed by atoms with Gasteiger partial charge in [0.2, 0.25) is 11.8 Å². The zero-order valence-electron chi connectivity index (χ0n) is 12.5. The van der Waals surface area contributed by atoms with Crippen LogP contribution in [0.15, 0.2) is 35.8 Å². The molecule has 0 radical (unpaired) electrons. The Balaban J connectivity index is 1.48. The first-order valence-electron chi connectivity index (χ1n) is 8.11. The van der Waals surface area contributed by atoms with Crippen LogP contribution in [0.5, 0.6) is 0 Å². The van der Waals surface area contributed by atoms with E-state index in [1.165, 1.54) is 16.4 Å². The molecule has 2 amide bonds. The lowest BCUT2D eigenvalue weighted by molar-refractivity contribution is -0.123. The standard InChI is InChI=1S/C18H16N2O2S/c21-17-15-11-1-2-12(7-11)16(15)18(22)20(17)14-5-3-10(4-6-14)13-8-19-23-9-13/h3-6,8-9,11-12,15-16H,1-2,7H2. The summed E-state index contributed by atoms with van der Waals surface area (Å²) >= 11 is 1.41. The Morgan fingerprint density at radius 1 is 0.957 bits per heavy atom. The first-order chi connectivity index (χ1) is 11.2. The van der Waals surface area contributed by atoms with E-state index in [4.69, 9.17) is 0 Å². The van der Waals surface area contributed by atoms with Crippen molar-refractivity contribution < 1.29 is 9.59 Å². The van der Waals surface area contributed by atoms with E-state index < -0.39 is 0 Å². The summed E-state index contributed by atoms with van der Waals surface area (Å²) in [5.41, 5.74) is 2.83. The fourth-order valence-corrected chi connectivity index (χ4v) is 5.36. The number of amides is 2. The molecule has 2 bridgehead atoms. The van der Waals surface area contributed by atoms with Gasteiger partial charge in [0, 0.05) is 17.1 Å². The molecule has 116 valence electrons. The fraction of sp³-hybridized carbons (Fsp3) is 0.389. The van der Waals surface area contributed by atoms with E-state index in [2.05, 4.69) is 4.37 Å². The zero-order chi connectivity index (χ0) is 15.6. The molecule has 5 rings (SSSR count). The lowest BCUT2D eigenvalue weighted by Crippen LogP contribution is -2.32. The number of hydrogen-bond acceptors (Lipinski definition) is 4. The van der Waals surface area contributed by atoms with E-state index in [-0.39, 0.29) is 23.7 Å². The minimum absolute atomic E-state index is 0.0251. The zero-order valence-corrected chi connectivity index (χ0v) is 13.3. The molecule has 3 aliphatic rings. The molecule has 3 fully saturated rings. The predicted molar refractivity (Wildman–Crippen MR) is 87.9 cm³/mol. The minimum atomic E-state index is -0.0537. The Kier molecular flexibility index (Phi) is 2.77. The average Bonchev–Trinajstić information content (AvgIpc) is 3.33. The summed E-state index contributed by atoms with van der Waals surface area (Å²) in [6, 6.07) is 7.68. The van der Waals surface area contributed by atoms with E-state index in [9.17, 15) is 9.59 Å². The third-order valence-electron chi connectivity index (χ3n) is 5.82. The van der Waals surface area contributed by atoms with Gasteiger partial charge in [-0.25, -0.2) is 4.37 Å². The first-order valence-corrected chi connectivity index (χ1v) is 8.95. The fourth-order valence-electron chi connectivity index (χ4n) is 4.81. The second-order valence-electron chi connectivity index (χ2n) is 6.86. The number of anilines is 1. The predicted octanol–water partition coefficient (Wildman–Crippen LogP) is 3.35. The monoisotopic (exact) mass is 324 g/mol. The Bertz CT molecular complexity index is 756. The molecule has 2 saturated carbocycles. The number of imide groups is 1. The lowest BCUT2D eigenvalue weighted by atomic mass is 9.81. The molecule has 4 atom stereocenters. The number of carbonyl (C=O) groups is 2. The summed E-state index contributed by atoms with van der Waals surface area (Å²) in [4.78, 5) is 27.0. The summed E-state index contributed by atoms with van der Waals surface area (Å²) < 4.78 is 4.11. The molecule has 2 aromatic rings. The van der Waals surface area contributed by atoms with Crippen molar-refractivity contribution in [3.05, 3.63) is 35.8 Å². The molecular formula is C18H16N2O2S. The molecule has 4 nitrogen and oxygen atoms in total. The van der Waals surface area contributed by atoms with Crippen molar-refractivity contribution in [1.82, 2.24) is 4.37 Å². The number of hydrogen-bond donors (Lipinski definition) is 0. The second-order valence-corrected chi connectivity index (χ2v) is 7.51. The van der Waals surface area contributed by atoms with E-state index in [1.54, 1.807) is 0 Å². The molecule has 4 unspecified atom stereocenters. The summed E-state index contributed by atoms with van der Waals surface area (Å²) in [6.07, 6.45) is 5.13. The van der Waals surface area contributed by atoms with Crippen molar-refractivity contribution in [2.45, 2.75) is 19.3 Å². The second kappa shape index (κ2) is 4.74. The van der Waals surface area contributed by atoms with Gasteiger partial charge in [-0.1, -0.05) is 12.1 Å². The number of rotatable bonds is 2. The summed E-state index contributed by atoms with van der Waals surface area (Å²) in [7, 11) is 0. The van der Waals surface area contributed by atoms with Crippen LogP contribution in [0.4, 0.5) is 5.69 Å². The first kappa shape index (κ1) is 13.4. The number of benzene rings is 1. The van der Waals surface area contributed by atoms with Gasteiger partial charge in [0.15, 0.2) is 0 Å². The Hall–Kier alpha value is -2.01. The van der Waals surface area contributed by atoms with Crippen molar-refractivity contribution in [2.24, 2.45) is 23.7 Å². The summed E-state index contributed by atoms with van der Waals surface area (Å²) in [5.74, 6) is 0.809. The molecule has 0 N–H and O–H groups in total. The Morgan fingerprint density at radius 3 is 2.17 bits per heavy atom. The van der Waals surface area contributed by atoms with Gasteiger partial charge < -0.3 is 0 Å². The SMILES string of the molecule is O=C1C2C3CCC(C3)C2C(=O)N1c1ccc(-c2cnsc2)cc1. The lowest BCUT2D eigenvalue weighted by Gasteiger charge is -2.19. The highest BCUT2D eigenvalue weighted by Crippen LogP contribution is 2.56. The summed E-state index contributed by atoms with van der Waals surface area (Å²) in [6.45, 7) is 0. The third kappa shape index (κ3) is 1.80. The Morgan fingerprint density at radius 2 is 1.61 bits per heavy atom. The quantitative estimate of drug-likeness (QED) is 0.796. The maximum atomic E-state index is 12.8. The highest BCUT2D eigenvalue weighted by Gasteiger charge is 2.61. The number of fused-ring (bicyclic) bond motifs is 5. The molecule has 2 aliphatic carbocycles. The van der Waals surface area contributed by atoms with Crippen molar-refractivity contribution in [2.75, 3.05) is 4.90 Å². The number of nitrogens with zero attached hydrogens (tertiary/aromatic N) is 2. The van der Waals surface area contributed by atoms with Gasteiger partial charge in [0.05, 0.1) is 17.5 Å². The van der Waals surface area contributed by atoms with Gasteiger partial charge in [-0.3, -0.25) is 14.5 Å². The molecule has 2 heterocycles. The van der Waals surface area contributed by atoms with Crippen LogP contribution in [0.1, 0.15) is 19.3 Å². The van der Waals surface area contributed by atoms with Gasteiger partial charge in [-0.2, -0.15) is 0 Å². The maximum absolute atomic E-state index is 12.8. The molecular weight excluding hydrogens is 308 g/mol. The van der Waals surface area contributed by atoms with Crippen LogP contribution in [0.3, 0.4) is 0 Å². The van der Waals surface area contributed by atoms with Crippen LogP contribution in [-0.2, 0) is 9.59 Å². The van der Waals surface area contributed by atoms with Crippen LogP contribution < -0.4 is 4.90 Å². The van der Waals surface area contributed by atoms with Crippen molar-refractivity contribution >= 4 is 29.0 Å². The molecule has 0 spiro atoms. The van der Waals surface area contributed by atoms with Gasteiger partial charge in [0.25, 0.3) is 0 Å². The van der Waals surface area contributed by atoms with E-state index in [1.807, 2.05) is 35.8 Å². The molecule has 1 saturated heterocycles. The summed E-state index contributed by atoms with van der Waals surface area (Å²) in [5, 5.41) is 1.99. The van der Waals surface area contributed by atoms with Crippen LogP contribution in [0, 0.1) is 23.7 Å². The normalized spacial score (nSPS) is 31.9. The maximum Gasteiger partial charge on any atom is 0.237 e. The third-order valence-corrected chi connectivity index (χ3v) is 6.41. The van der Waals surface area contributed by atoms with Gasteiger partial charge in [-0.15, -0.1) is 0 Å². The molecule has 23 heavy (non-hydrogen) atoms. The van der Waals surface area contributed by atoms with Gasteiger partial charge in [0.1, 0.15) is 0 Å². The Labute approximate surface area is 138 Å². The number of carbonyl (C=O) groups excluding carboxylic acids is 2. The smallest absolute Gasteiger partial charge is 0.237 e. The average molecular weight is 324 g/mol. The highest BCUT2D eigenvalue weighted by molar-refractivity contribution is 7.03. The highest BCUT2D eigenvalue weighted by atomic mass is 32.1. The minimum Gasteiger partial charge on any atom is -0.274 e. The van der Waals surface area contributed by atoms with Crippen LogP contribution in [0.2, 0.25) is 0 Å².